The summed E-state index contributed by atoms with van der Waals surface area (Å²) in [5.74, 6) is 0.792. The molecule has 1 N–H and O–H groups in total. The lowest BCUT2D eigenvalue weighted by atomic mass is 9.91. The van der Waals surface area contributed by atoms with Crippen LogP contribution in [0.4, 0.5) is 0 Å². The molecule has 1 saturated carbocycles. The summed E-state index contributed by atoms with van der Waals surface area (Å²) in [6.07, 6.45) is 10.9. The van der Waals surface area contributed by atoms with Gasteiger partial charge in [0.05, 0.1) is 6.21 Å². The Morgan fingerprint density at radius 3 is 3.33 bits per heavy atom. The molecule has 1 atom stereocenters. The molecule has 2 nitrogen and oxygen atoms in total. The van der Waals surface area contributed by atoms with Crippen molar-refractivity contribution in [1.82, 2.24) is 0 Å². The Balaban J connectivity index is 2.17. The largest absolute Gasteiger partial charge is 0.411 e. The fourth-order valence-corrected chi connectivity index (χ4v) is 2.11. The van der Waals surface area contributed by atoms with E-state index >= 15 is 0 Å². The molecule has 0 saturated heterocycles. The predicted molar refractivity (Wildman–Crippen MR) is 48.4 cm³/mol. The molecule has 0 bridgehead atoms. The van der Waals surface area contributed by atoms with Crippen LogP contribution in [0, 0.1) is 5.92 Å². The van der Waals surface area contributed by atoms with Gasteiger partial charge in [-0.15, -0.1) is 0 Å². The van der Waals surface area contributed by atoms with Crippen LogP contribution in [0.15, 0.2) is 28.5 Å². The quantitative estimate of drug-likeness (QED) is 0.359. The topological polar surface area (TPSA) is 32.6 Å². The lowest BCUT2D eigenvalue weighted by Gasteiger charge is -2.14. The molecule has 2 heteroatoms. The minimum absolute atomic E-state index is 0.792. The van der Waals surface area contributed by atoms with Crippen LogP contribution in [0.5, 0.6) is 0 Å². The first-order valence-corrected chi connectivity index (χ1v) is 4.48. The highest BCUT2D eigenvalue weighted by Gasteiger charge is 2.22. The second-order valence-electron chi connectivity index (χ2n) is 3.49. The number of hydrogen-bond acceptors (Lipinski definition) is 2. The average molecular weight is 163 g/mol. The van der Waals surface area contributed by atoms with Crippen LogP contribution >= 0.6 is 0 Å². The Kier molecular flexibility index (Phi) is 1.98. The summed E-state index contributed by atoms with van der Waals surface area (Å²) >= 11 is 0. The van der Waals surface area contributed by atoms with Crippen molar-refractivity contribution in [3.63, 3.8) is 0 Å². The van der Waals surface area contributed by atoms with Crippen molar-refractivity contribution in [2.45, 2.75) is 25.7 Å². The van der Waals surface area contributed by atoms with E-state index in [9.17, 15) is 0 Å². The number of rotatable bonds is 1. The van der Waals surface area contributed by atoms with Crippen LogP contribution in [-0.4, -0.2) is 11.4 Å². The van der Waals surface area contributed by atoms with Gasteiger partial charge in [0.15, 0.2) is 0 Å². The van der Waals surface area contributed by atoms with E-state index in [-0.39, 0.29) is 0 Å². The SMILES string of the molecule is ON=CC1=CCC2CCCC2=C1. The maximum atomic E-state index is 8.36. The van der Waals surface area contributed by atoms with Crippen molar-refractivity contribution in [2.24, 2.45) is 11.1 Å². The molecule has 0 heterocycles. The minimum Gasteiger partial charge on any atom is -0.411 e. The van der Waals surface area contributed by atoms with Crippen LogP contribution in [0.1, 0.15) is 25.7 Å². The molecule has 1 fully saturated rings. The highest BCUT2D eigenvalue weighted by molar-refractivity contribution is 5.82. The van der Waals surface area contributed by atoms with Gasteiger partial charge in [0, 0.05) is 0 Å². The summed E-state index contributed by atoms with van der Waals surface area (Å²) in [6, 6.07) is 0. The summed E-state index contributed by atoms with van der Waals surface area (Å²) < 4.78 is 0. The van der Waals surface area contributed by atoms with Gasteiger partial charge in [0.2, 0.25) is 0 Å². The first-order valence-electron chi connectivity index (χ1n) is 4.48. The van der Waals surface area contributed by atoms with Gasteiger partial charge in [0.25, 0.3) is 0 Å². The number of nitrogens with zero attached hydrogens (tertiary/aromatic N) is 1. The molecule has 2 rings (SSSR count). The first-order chi connectivity index (χ1) is 5.90. The van der Waals surface area contributed by atoms with Gasteiger partial charge in [-0.1, -0.05) is 22.9 Å². The number of hydrogen-bond donors (Lipinski definition) is 1. The molecule has 0 aromatic heterocycles. The Morgan fingerprint density at radius 1 is 1.58 bits per heavy atom. The van der Waals surface area contributed by atoms with E-state index in [1.54, 1.807) is 5.57 Å². The van der Waals surface area contributed by atoms with Crippen molar-refractivity contribution >= 4 is 6.21 Å². The molecular formula is C10H13NO. The van der Waals surface area contributed by atoms with E-state index in [4.69, 9.17) is 5.21 Å². The normalized spacial score (nSPS) is 28.5. The summed E-state index contributed by atoms with van der Waals surface area (Å²) in [5.41, 5.74) is 2.61. The Hall–Kier alpha value is -1.05. The summed E-state index contributed by atoms with van der Waals surface area (Å²) in [7, 11) is 0. The van der Waals surface area contributed by atoms with E-state index in [0.717, 1.165) is 17.9 Å². The molecular weight excluding hydrogens is 150 g/mol. The Bertz CT molecular complexity index is 263. The second kappa shape index (κ2) is 3.13. The van der Waals surface area contributed by atoms with Gasteiger partial charge < -0.3 is 5.21 Å². The van der Waals surface area contributed by atoms with E-state index in [2.05, 4.69) is 17.3 Å². The van der Waals surface area contributed by atoms with Crippen molar-refractivity contribution in [1.29, 1.82) is 0 Å². The van der Waals surface area contributed by atoms with E-state index in [1.807, 2.05) is 0 Å². The molecule has 0 aliphatic heterocycles. The third-order valence-corrected chi connectivity index (χ3v) is 2.74. The first kappa shape index (κ1) is 7.59. The highest BCUT2D eigenvalue weighted by atomic mass is 16.4. The summed E-state index contributed by atoms with van der Waals surface area (Å²) in [5, 5.41) is 11.4. The molecule has 12 heavy (non-hydrogen) atoms. The van der Waals surface area contributed by atoms with Crippen LogP contribution < -0.4 is 0 Å². The predicted octanol–water partition coefficient (Wildman–Crippen LogP) is 2.50. The zero-order valence-corrected chi connectivity index (χ0v) is 7.03. The maximum absolute atomic E-state index is 8.36. The fraction of sp³-hybridized carbons (Fsp3) is 0.500. The smallest absolute Gasteiger partial charge is 0.0730 e. The second-order valence-corrected chi connectivity index (χ2v) is 3.49. The van der Waals surface area contributed by atoms with E-state index in [0.29, 0.717) is 0 Å². The third kappa shape index (κ3) is 1.29. The number of allylic oxidation sites excluding steroid dienone is 4. The van der Waals surface area contributed by atoms with Gasteiger partial charge in [0.1, 0.15) is 0 Å². The summed E-state index contributed by atoms with van der Waals surface area (Å²) in [6.45, 7) is 0. The summed E-state index contributed by atoms with van der Waals surface area (Å²) in [4.78, 5) is 0. The monoisotopic (exact) mass is 163 g/mol. The number of fused-ring (bicyclic) bond motifs is 1. The van der Waals surface area contributed by atoms with Crippen LogP contribution in [0.3, 0.4) is 0 Å². The fourth-order valence-electron chi connectivity index (χ4n) is 2.11. The van der Waals surface area contributed by atoms with Crippen molar-refractivity contribution in [3.8, 4) is 0 Å². The Labute approximate surface area is 72.3 Å². The minimum atomic E-state index is 0.792. The van der Waals surface area contributed by atoms with E-state index in [1.165, 1.54) is 25.5 Å². The molecule has 0 aromatic carbocycles. The molecule has 0 aromatic rings. The van der Waals surface area contributed by atoms with Crippen LogP contribution in [0.2, 0.25) is 0 Å². The molecule has 0 radical (unpaired) electrons. The van der Waals surface area contributed by atoms with Crippen molar-refractivity contribution < 1.29 is 5.21 Å². The maximum Gasteiger partial charge on any atom is 0.0730 e. The van der Waals surface area contributed by atoms with Crippen LogP contribution in [-0.2, 0) is 0 Å². The molecule has 0 spiro atoms. The number of oxime groups is 1. The lowest BCUT2D eigenvalue weighted by molar-refractivity contribution is 0.322. The van der Waals surface area contributed by atoms with Gasteiger partial charge in [-0.2, -0.15) is 0 Å². The zero-order chi connectivity index (χ0) is 8.39. The highest BCUT2D eigenvalue weighted by Crippen LogP contribution is 2.37. The molecule has 1 unspecified atom stereocenters. The molecule has 2 aliphatic carbocycles. The molecule has 0 amide bonds. The third-order valence-electron chi connectivity index (χ3n) is 2.74. The van der Waals surface area contributed by atoms with Crippen molar-refractivity contribution in [3.05, 3.63) is 23.3 Å². The van der Waals surface area contributed by atoms with Crippen molar-refractivity contribution in [2.75, 3.05) is 0 Å². The van der Waals surface area contributed by atoms with Gasteiger partial charge in [-0.3, -0.25) is 0 Å². The zero-order valence-electron chi connectivity index (χ0n) is 7.03. The molecule has 64 valence electrons. The van der Waals surface area contributed by atoms with E-state index < -0.39 is 0 Å². The van der Waals surface area contributed by atoms with Gasteiger partial charge in [-0.05, 0) is 37.2 Å². The van der Waals surface area contributed by atoms with Crippen LogP contribution in [0.25, 0.3) is 0 Å². The molecule has 2 aliphatic rings. The lowest BCUT2D eigenvalue weighted by Crippen LogP contribution is -2.01. The average Bonchev–Trinajstić information content (AvgIpc) is 2.51. The van der Waals surface area contributed by atoms with Gasteiger partial charge >= 0.3 is 0 Å². The standard InChI is InChI=1S/C10H13NO/c12-11-7-8-4-5-9-2-1-3-10(9)6-8/h4,6-7,9,12H,1-3,5H2. The van der Waals surface area contributed by atoms with Gasteiger partial charge in [-0.25, -0.2) is 0 Å². The Morgan fingerprint density at radius 2 is 2.50 bits per heavy atom.